The highest BCUT2D eigenvalue weighted by molar-refractivity contribution is 7.18. The van der Waals surface area contributed by atoms with Crippen LogP contribution in [-0.4, -0.2) is 54.2 Å². The highest BCUT2D eigenvalue weighted by atomic mass is 35.5. The van der Waals surface area contributed by atoms with E-state index < -0.39 is 17.6 Å². The van der Waals surface area contributed by atoms with Crippen molar-refractivity contribution in [1.29, 1.82) is 0 Å². The first-order chi connectivity index (χ1) is 21.8. The lowest BCUT2D eigenvalue weighted by Gasteiger charge is -2.48. The SMILES string of the molecule is Cc1cc(-c2cc(Cl)ccc2C#CCn2c(C)nc3c(c2=O)C[C@@](C)(N2CCC[C@]4(C2)CC4(F)F)CC3)c2scc(C(O)O)c2n1. The quantitative estimate of drug-likeness (QED) is 0.200. The number of benzene rings is 1. The number of hydrogen-bond donors (Lipinski definition) is 2. The Labute approximate surface area is 274 Å². The van der Waals surface area contributed by atoms with Crippen molar-refractivity contribution in [1.82, 2.24) is 19.4 Å². The molecule has 4 aromatic rings. The third-order valence-electron chi connectivity index (χ3n) is 10.2. The van der Waals surface area contributed by atoms with Gasteiger partial charge in [0.1, 0.15) is 5.82 Å². The fourth-order valence-corrected chi connectivity index (χ4v) is 8.69. The molecule has 1 spiro atoms. The molecular formula is C35H35ClF2N4O3S. The summed E-state index contributed by atoms with van der Waals surface area (Å²) in [6.45, 7) is 7.05. The fraction of sp³-hybridized carbons (Fsp3) is 0.457. The lowest BCUT2D eigenvalue weighted by molar-refractivity contribution is -0.0411. The van der Waals surface area contributed by atoms with Crippen LogP contribution >= 0.6 is 22.9 Å². The first-order valence-electron chi connectivity index (χ1n) is 15.6. The second kappa shape index (κ2) is 11.2. The minimum absolute atomic E-state index is 0.0312. The van der Waals surface area contributed by atoms with Crippen LogP contribution in [0.1, 0.15) is 72.8 Å². The summed E-state index contributed by atoms with van der Waals surface area (Å²) in [5.74, 6) is 4.42. The van der Waals surface area contributed by atoms with Crippen LogP contribution in [0.3, 0.4) is 0 Å². The summed E-state index contributed by atoms with van der Waals surface area (Å²) in [7, 11) is 0. The molecule has 3 aliphatic rings. The number of aryl methyl sites for hydroxylation is 3. The molecule has 11 heteroatoms. The predicted molar refractivity (Wildman–Crippen MR) is 175 cm³/mol. The van der Waals surface area contributed by atoms with Crippen molar-refractivity contribution in [3.63, 3.8) is 0 Å². The van der Waals surface area contributed by atoms with Crippen molar-refractivity contribution in [3.8, 4) is 23.0 Å². The highest BCUT2D eigenvalue weighted by Gasteiger charge is 2.71. The number of pyridine rings is 1. The van der Waals surface area contributed by atoms with Gasteiger partial charge in [0.2, 0.25) is 0 Å². The molecule has 2 N–H and O–H groups in total. The number of piperidine rings is 1. The molecule has 3 aromatic heterocycles. The van der Waals surface area contributed by atoms with E-state index in [0.29, 0.717) is 64.6 Å². The van der Waals surface area contributed by atoms with E-state index in [-0.39, 0.29) is 24.1 Å². The van der Waals surface area contributed by atoms with Gasteiger partial charge in [-0.3, -0.25) is 19.2 Å². The van der Waals surface area contributed by atoms with Gasteiger partial charge in [0.25, 0.3) is 11.5 Å². The van der Waals surface area contributed by atoms with Gasteiger partial charge in [-0.05, 0) is 83.7 Å². The van der Waals surface area contributed by atoms with Crippen LogP contribution in [0.4, 0.5) is 8.78 Å². The average molecular weight is 665 g/mol. The van der Waals surface area contributed by atoms with Crippen molar-refractivity contribution in [3.05, 3.63) is 78.9 Å². The zero-order chi connectivity index (χ0) is 32.6. The van der Waals surface area contributed by atoms with Crippen LogP contribution in [0, 0.1) is 31.1 Å². The number of thiophene rings is 1. The molecule has 1 saturated heterocycles. The van der Waals surface area contributed by atoms with Crippen LogP contribution in [0.2, 0.25) is 5.02 Å². The van der Waals surface area contributed by atoms with Crippen molar-refractivity contribution in [2.45, 2.75) is 83.6 Å². The van der Waals surface area contributed by atoms with Crippen molar-refractivity contribution < 1.29 is 19.0 Å². The molecule has 1 saturated carbocycles. The van der Waals surface area contributed by atoms with Gasteiger partial charge in [-0.2, -0.15) is 0 Å². The van der Waals surface area contributed by atoms with E-state index in [1.165, 1.54) is 11.3 Å². The number of aliphatic hydroxyl groups is 2. The van der Waals surface area contributed by atoms with E-state index in [1.54, 1.807) is 16.0 Å². The molecule has 7 nitrogen and oxygen atoms in total. The minimum atomic E-state index is -2.58. The van der Waals surface area contributed by atoms with Gasteiger partial charge >= 0.3 is 0 Å². The molecule has 1 aromatic carbocycles. The topological polar surface area (TPSA) is 91.5 Å². The summed E-state index contributed by atoms with van der Waals surface area (Å²) in [6, 6.07) is 7.35. The summed E-state index contributed by atoms with van der Waals surface area (Å²) in [5, 5.41) is 21.9. The Morgan fingerprint density at radius 2 is 1.93 bits per heavy atom. The molecule has 2 aliphatic carbocycles. The first kappa shape index (κ1) is 31.4. The summed E-state index contributed by atoms with van der Waals surface area (Å²) in [4.78, 5) is 25.5. The average Bonchev–Trinajstić information content (AvgIpc) is 3.30. The largest absolute Gasteiger partial charge is 0.364 e. The molecule has 46 heavy (non-hydrogen) atoms. The maximum absolute atomic E-state index is 14.3. The maximum Gasteiger partial charge on any atom is 0.257 e. The normalized spacial score (nSPS) is 23.8. The summed E-state index contributed by atoms with van der Waals surface area (Å²) in [5.41, 5.74) is 3.95. The molecule has 0 unspecified atom stereocenters. The van der Waals surface area contributed by atoms with Gasteiger partial charge in [-0.1, -0.05) is 23.4 Å². The number of alkyl halides is 2. The van der Waals surface area contributed by atoms with Gasteiger partial charge in [0.15, 0.2) is 6.29 Å². The van der Waals surface area contributed by atoms with Gasteiger partial charge in [-0.25, -0.2) is 13.8 Å². The highest BCUT2D eigenvalue weighted by Crippen LogP contribution is 2.65. The number of aliphatic hydroxyl groups excluding tert-OH is 1. The van der Waals surface area contributed by atoms with Gasteiger partial charge in [0, 0.05) is 62.4 Å². The standard InChI is InChI=1S/C35H35ClF2N4O3S/c1-20-14-25(30-29(39-20)27(17-46-30)32(44)45)24-15-23(36)8-7-22(24)6-4-13-42-21(2)40-28-9-11-33(3,16-26(28)31(42)43)41-12-5-10-34(19-41)18-35(34,37)38/h7-8,14-15,17,32,44-45H,5,9-13,16,18-19H2,1-3H3/t33-,34+/m0/s1. The Balaban J connectivity index is 1.19. The maximum atomic E-state index is 14.3. The molecular weight excluding hydrogens is 630 g/mol. The summed E-state index contributed by atoms with van der Waals surface area (Å²) >= 11 is 7.80. The third-order valence-corrected chi connectivity index (χ3v) is 11.5. The number of nitrogens with zero attached hydrogens (tertiary/aromatic N) is 4. The Morgan fingerprint density at radius 1 is 1.15 bits per heavy atom. The van der Waals surface area contributed by atoms with E-state index in [9.17, 15) is 23.8 Å². The van der Waals surface area contributed by atoms with Gasteiger partial charge in [-0.15, -0.1) is 11.3 Å². The van der Waals surface area contributed by atoms with E-state index in [2.05, 4.69) is 28.6 Å². The number of aromatic nitrogens is 3. The second-order valence-corrected chi connectivity index (χ2v) is 14.7. The third kappa shape index (κ3) is 5.26. The van der Waals surface area contributed by atoms with Crippen LogP contribution in [-0.2, 0) is 19.4 Å². The molecule has 4 heterocycles. The van der Waals surface area contributed by atoms with E-state index in [0.717, 1.165) is 40.9 Å². The van der Waals surface area contributed by atoms with Gasteiger partial charge < -0.3 is 10.2 Å². The summed E-state index contributed by atoms with van der Waals surface area (Å²) < 4.78 is 31.0. The number of hydrogen-bond acceptors (Lipinski definition) is 7. The molecule has 2 fully saturated rings. The smallest absolute Gasteiger partial charge is 0.257 e. The van der Waals surface area contributed by atoms with Crippen LogP contribution in [0.25, 0.3) is 21.3 Å². The van der Waals surface area contributed by atoms with Gasteiger partial charge in [0.05, 0.1) is 27.9 Å². The predicted octanol–water partition coefficient (Wildman–Crippen LogP) is 6.19. The first-order valence-corrected chi connectivity index (χ1v) is 16.8. The molecule has 0 radical (unpaired) electrons. The van der Waals surface area contributed by atoms with E-state index in [1.807, 2.05) is 32.0 Å². The number of likely N-dealkylation sites (tertiary alicyclic amines) is 1. The zero-order valence-electron chi connectivity index (χ0n) is 26.0. The lowest BCUT2D eigenvalue weighted by atomic mass is 9.78. The van der Waals surface area contributed by atoms with Crippen LogP contribution in [0.5, 0.6) is 0 Å². The van der Waals surface area contributed by atoms with Crippen LogP contribution in [0.15, 0.2) is 34.4 Å². The molecule has 0 bridgehead atoms. The lowest BCUT2D eigenvalue weighted by Crippen LogP contribution is -2.56. The fourth-order valence-electron chi connectivity index (χ4n) is 7.47. The number of halogens is 3. The number of fused-ring (bicyclic) bond motifs is 2. The Hall–Kier alpha value is -3.20. The Bertz CT molecular complexity index is 2010. The number of rotatable bonds is 4. The Morgan fingerprint density at radius 3 is 2.67 bits per heavy atom. The molecule has 1 aliphatic heterocycles. The second-order valence-electron chi connectivity index (χ2n) is 13.4. The van der Waals surface area contributed by atoms with Crippen LogP contribution < -0.4 is 5.56 Å². The molecule has 0 amide bonds. The molecule has 240 valence electrons. The van der Waals surface area contributed by atoms with Crippen molar-refractivity contribution >= 4 is 33.2 Å². The molecule has 7 rings (SSSR count). The minimum Gasteiger partial charge on any atom is -0.364 e. The van der Waals surface area contributed by atoms with Crippen molar-refractivity contribution in [2.75, 3.05) is 13.1 Å². The van der Waals surface area contributed by atoms with Crippen molar-refractivity contribution in [2.24, 2.45) is 5.41 Å². The zero-order valence-corrected chi connectivity index (χ0v) is 27.5. The monoisotopic (exact) mass is 664 g/mol. The van der Waals surface area contributed by atoms with E-state index >= 15 is 0 Å². The molecule has 2 atom stereocenters. The van der Waals surface area contributed by atoms with E-state index in [4.69, 9.17) is 16.6 Å². The Kier molecular flexibility index (Phi) is 7.65. The summed E-state index contributed by atoms with van der Waals surface area (Å²) in [6.07, 6.45) is 1.54.